The Morgan fingerprint density at radius 2 is 1.74 bits per heavy atom. The number of benzene rings is 1. The van der Waals surface area contributed by atoms with Crippen molar-refractivity contribution in [1.82, 2.24) is 9.88 Å². The van der Waals surface area contributed by atoms with Gasteiger partial charge in [-0.2, -0.15) is 0 Å². The lowest BCUT2D eigenvalue weighted by Gasteiger charge is -2.19. The molecular formula is C23H32N4O3S. The van der Waals surface area contributed by atoms with Gasteiger partial charge < -0.3 is 14.6 Å². The van der Waals surface area contributed by atoms with Crippen LogP contribution in [0.1, 0.15) is 63.0 Å². The Kier molecular flexibility index (Phi) is 8.62. The molecule has 0 atom stereocenters. The normalized spacial score (nSPS) is 11.0. The largest absolute Gasteiger partial charge is 0.444 e. The third kappa shape index (κ3) is 8.41. The molecule has 3 N–H and O–H groups in total. The van der Waals surface area contributed by atoms with Gasteiger partial charge in [0, 0.05) is 18.9 Å². The van der Waals surface area contributed by atoms with Crippen LogP contribution in [0.15, 0.2) is 36.5 Å². The van der Waals surface area contributed by atoms with Gasteiger partial charge in [-0.25, -0.2) is 4.79 Å². The van der Waals surface area contributed by atoms with Gasteiger partial charge in [-0.05, 0) is 69.6 Å². The molecule has 2 rings (SSSR count). The van der Waals surface area contributed by atoms with Crippen molar-refractivity contribution in [3.05, 3.63) is 47.8 Å². The number of amides is 2. The molecule has 0 aliphatic carbocycles. The Bertz CT molecular complexity index is 914. The molecule has 0 saturated heterocycles. The van der Waals surface area contributed by atoms with E-state index < -0.39 is 11.7 Å². The number of aromatic nitrogens is 1. The summed E-state index contributed by atoms with van der Waals surface area (Å²) in [5.41, 5.74) is 2.29. The van der Waals surface area contributed by atoms with E-state index in [-0.39, 0.29) is 11.0 Å². The summed E-state index contributed by atoms with van der Waals surface area (Å²) in [6.45, 7) is 7.54. The van der Waals surface area contributed by atoms with Gasteiger partial charge in [0.2, 0.25) is 0 Å². The van der Waals surface area contributed by atoms with Crippen LogP contribution in [0.4, 0.5) is 16.2 Å². The number of hydrogen-bond donors (Lipinski definition) is 3. The lowest BCUT2D eigenvalue weighted by atomic mass is 10.1. The number of nitrogens with one attached hydrogen (secondary N) is 3. The summed E-state index contributed by atoms with van der Waals surface area (Å²) in [6, 6.07) is 9.59. The Hall–Kier alpha value is -2.87. The first-order valence-electron chi connectivity index (χ1n) is 10.4. The number of anilines is 2. The standard InChI is InChI=1S/C23H32N4O3S/c1-6-7-8-9-16-10-12-17(13-11-16)24-21(31)26-20(28)19-14-18(15-27(19)5)25-22(29)30-23(2,3)4/h10-15H,6-9H2,1-5H3,(H,25,29)(H2,24,26,28,31). The number of unbranched alkanes of at least 4 members (excludes halogenated alkanes) is 2. The lowest BCUT2D eigenvalue weighted by molar-refractivity contribution is 0.0635. The second-order valence-corrected chi connectivity index (χ2v) is 8.82. The van der Waals surface area contributed by atoms with E-state index in [9.17, 15) is 9.59 Å². The highest BCUT2D eigenvalue weighted by Gasteiger charge is 2.18. The van der Waals surface area contributed by atoms with E-state index in [1.54, 1.807) is 44.6 Å². The topological polar surface area (TPSA) is 84.4 Å². The Morgan fingerprint density at radius 3 is 2.35 bits per heavy atom. The summed E-state index contributed by atoms with van der Waals surface area (Å²) in [5, 5.41) is 8.51. The number of carbonyl (C=O) groups excluding carboxylic acids is 2. The second-order valence-electron chi connectivity index (χ2n) is 8.41. The molecule has 31 heavy (non-hydrogen) atoms. The molecule has 2 amide bonds. The van der Waals surface area contributed by atoms with Gasteiger partial charge in [0.1, 0.15) is 11.3 Å². The summed E-state index contributed by atoms with van der Waals surface area (Å²) in [7, 11) is 1.71. The molecule has 0 saturated carbocycles. The van der Waals surface area contributed by atoms with E-state index in [2.05, 4.69) is 35.0 Å². The quantitative estimate of drug-likeness (QED) is 0.402. The summed E-state index contributed by atoms with van der Waals surface area (Å²) in [6.07, 6.45) is 5.71. The molecule has 1 aromatic heterocycles. The number of carbonyl (C=O) groups is 2. The van der Waals surface area contributed by atoms with E-state index in [0.717, 1.165) is 12.1 Å². The first-order valence-corrected chi connectivity index (χ1v) is 10.9. The SMILES string of the molecule is CCCCCc1ccc(NC(=S)NC(=O)c2cc(NC(=O)OC(C)(C)C)cn2C)cc1. The van der Waals surface area contributed by atoms with Gasteiger partial charge in [0.25, 0.3) is 5.91 Å². The zero-order valence-electron chi connectivity index (χ0n) is 18.9. The summed E-state index contributed by atoms with van der Waals surface area (Å²) >= 11 is 5.27. The van der Waals surface area contributed by atoms with E-state index in [1.807, 2.05) is 12.1 Å². The smallest absolute Gasteiger partial charge is 0.412 e. The molecule has 0 aliphatic rings. The Labute approximate surface area is 189 Å². The number of ether oxygens (including phenoxy) is 1. The van der Waals surface area contributed by atoms with Crippen LogP contribution in [0, 0.1) is 0 Å². The van der Waals surface area contributed by atoms with Crippen molar-refractivity contribution in [2.75, 3.05) is 10.6 Å². The number of aryl methyl sites for hydroxylation is 2. The van der Waals surface area contributed by atoms with Crippen LogP contribution in [-0.2, 0) is 18.2 Å². The van der Waals surface area contributed by atoms with Crippen molar-refractivity contribution in [3.63, 3.8) is 0 Å². The second kappa shape index (κ2) is 10.9. The zero-order chi connectivity index (χ0) is 23.0. The van der Waals surface area contributed by atoms with Gasteiger partial charge in [0.15, 0.2) is 5.11 Å². The molecule has 2 aromatic rings. The van der Waals surface area contributed by atoms with E-state index >= 15 is 0 Å². The van der Waals surface area contributed by atoms with Gasteiger partial charge >= 0.3 is 6.09 Å². The molecule has 7 nitrogen and oxygen atoms in total. The number of rotatable bonds is 7. The summed E-state index contributed by atoms with van der Waals surface area (Å²) in [5.74, 6) is -0.381. The molecule has 0 spiro atoms. The molecule has 8 heteroatoms. The Morgan fingerprint density at radius 1 is 1.06 bits per heavy atom. The van der Waals surface area contributed by atoms with E-state index in [4.69, 9.17) is 17.0 Å². The maximum Gasteiger partial charge on any atom is 0.412 e. The van der Waals surface area contributed by atoms with Gasteiger partial charge in [-0.1, -0.05) is 31.9 Å². The number of hydrogen-bond acceptors (Lipinski definition) is 4. The first-order chi connectivity index (χ1) is 14.6. The molecule has 0 fully saturated rings. The van der Waals surface area contributed by atoms with Crippen molar-refractivity contribution >= 4 is 40.7 Å². The maximum atomic E-state index is 12.6. The average Bonchev–Trinajstić information content (AvgIpc) is 3.01. The van der Waals surface area contributed by atoms with Crippen LogP contribution in [0.5, 0.6) is 0 Å². The van der Waals surface area contributed by atoms with Crippen molar-refractivity contribution in [3.8, 4) is 0 Å². The number of nitrogens with zero attached hydrogens (tertiary/aromatic N) is 1. The van der Waals surface area contributed by atoms with Gasteiger partial charge in [-0.15, -0.1) is 0 Å². The fraction of sp³-hybridized carbons (Fsp3) is 0.435. The zero-order valence-corrected chi connectivity index (χ0v) is 19.7. The monoisotopic (exact) mass is 444 g/mol. The molecule has 1 aromatic carbocycles. The molecular weight excluding hydrogens is 412 g/mol. The maximum absolute atomic E-state index is 12.6. The molecule has 168 valence electrons. The van der Waals surface area contributed by atoms with Crippen molar-refractivity contribution < 1.29 is 14.3 Å². The molecule has 1 heterocycles. The third-order valence-corrected chi connectivity index (χ3v) is 4.59. The van der Waals surface area contributed by atoms with Crippen LogP contribution in [0.3, 0.4) is 0 Å². The minimum absolute atomic E-state index is 0.201. The molecule has 0 aliphatic heterocycles. The fourth-order valence-corrected chi connectivity index (χ4v) is 3.15. The molecule has 0 radical (unpaired) electrons. The lowest BCUT2D eigenvalue weighted by Crippen LogP contribution is -2.35. The minimum Gasteiger partial charge on any atom is -0.444 e. The third-order valence-electron chi connectivity index (χ3n) is 4.39. The van der Waals surface area contributed by atoms with Crippen LogP contribution >= 0.6 is 12.2 Å². The summed E-state index contributed by atoms with van der Waals surface area (Å²) < 4.78 is 6.83. The predicted octanol–water partition coefficient (Wildman–Crippen LogP) is 5.23. The summed E-state index contributed by atoms with van der Waals surface area (Å²) in [4.78, 5) is 24.5. The van der Waals surface area contributed by atoms with Crippen LogP contribution in [-0.4, -0.2) is 27.3 Å². The fourth-order valence-electron chi connectivity index (χ4n) is 2.94. The highest BCUT2D eigenvalue weighted by atomic mass is 32.1. The highest BCUT2D eigenvalue weighted by Crippen LogP contribution is 2.16. The van der Waals surface area contributed by atoms with Crippen LogP contribution in [0.25, 0.3) is 0 Å². The van der Waals surface area contributed by atoms with Gasteiger partial charge in [-0.3, -0.25) is 15.4 Å². The van der Waals surface area contributed by atoms with E-state index in [1.165, 1.54) is 24.8 Å². The van der Waals surface area contributed by atoms with Crippen molar-refractivity contribution in [2.24, 2.45) is 7.05 Å². The first kappa shape index (κ1) is 24.4. The Balaban J connectivity index is 1.90. The minimum atomic E-state index is -0.607. The molecule has 0 bridgehead atoms. The van der Waals surface area contributed by atoms with Crippen molar-refractivity contribution in [1.29, 1.82) is 0 Å². The average molecular weight is 445 g/mol. The molecule has 0 unspecified atom stereocenters. The predicted molar refractivity (Wildman–Crippen MR) is 129 cm³/mol. The van der Waals surface area contributed by atoms with E-state index in [0.29, 0.717) is 11.4 Å². The van der Waals surface area contributed by atoms with Gasteiger partial charge in [0.05, 0.1) is 5.69 Å². The number of thiocarbonyl (C=S) groups is 1. The highest BCUT2D eigenvalue weighted by molar-refractivity contribution is 7.80. The van der Waals surface area contributed by atoms with Crippen molar-refractivity contribution in [2.45, 2.75) is 59.0 Å². The van der Waals surface area contributed by atoms with Crippen LogP contribution in [0.2, 0.25) is 0 Å². The van der Waals surface area contributed by atoms with Crippen LogP contribution < -0.4 is 16.0 Å².